The second-order valence-corrected chi connectivity index (χ2v) is 8.12. The standard InChI is InChI=1S/C24H28N4O/c25-17-19-10-11-23(26-18-19)27-15-12-20(13-16-27)22-9-5-2-6-14-28(22)24(29)21-7-3-1-4-8-21/h1,3-4,7-8,10-11,18,20,22H,2,5-6,9,12-16H2/t22-/m0/s1. The van der Waals surface area contributed by atoms with Crippen LogP contribution in [0.3, 0.4) is 0 Å². The van der Waals surface area contributed by atoms with Crippen LogP contribution < -0.4 is 4.90 Å². The van der Waals surface area contributed by atoms with Gasteiger partial charge < -0.3 is 9.80 Å². The number of hydrogen-bond acceptors (Lipinski definition) is 4. The van der Waals surface area contributed by atoms with Crippen LogP contribution in [0.2, 0.25) is 0 Å². The number of rotatable bonds is 3. The van der Waals surface area contributed by atoms with Gasteiger partial charge in [-0.2, -0.15) is 5.26 Å². The van der Waals surface area contributed by atoms with Crippen molar-refractivity contribution >= 4 is 11.7 Å². The first-order valence-corrected chi connectivity index (χ1v) is 10.7. The number of aromatic nitrogens is 1. The van der Waals surface area contributed by atoms with E-state index in [1.165, 1.54) is 12.8 Å². The fourth-order valence-electron chi connectivity index (χ4n) is 4.78. The van der Waals surface area contributed by atoms with Crippen LogP contribution in [-0.2, 0) is 0 Å². The maximum Gasteiger partial charge on any atom is 0.254 e. The predicted molar refractivity (Wildman–Crippen MR) is 114 cm³/mol. The number of amides is 1. The molecule has 4 rings (SSSR count). The minimum absolute atomic E-state index is 0.189. The Hall–Kier alpha value is -2.87. The molecular weight excluding hydrogens is 360 g/mol. The number of carbonyl (C=O) groups excluding carboxylic acids is 1. The Kier molecular flexibility index (Phi) is 6.09. The lowest BCUT2D eigenvalue weighted by atomic mass is 9.86. The lowest BCUT2D eigenvalue weighted by molar-refractivity contribution is 0.0588. The van der Waals surface area contributed by atoms with Gasteiger partial charge in [0.15, 0.2) is 0 Å². The molecule has 0 spiro atoms. The molecule has 3 heterocycles. The zero-order valence-electron chi connectivity index (χ0n) is 16.8. The highest BCUT2D eigenvalue weighted by Gasteiger charge is 2.34. The first-order chi connectivity index (χ1) is 14.3. The number of piperidine rings is 1. The van der Waals surface area contributed by atoms with Crippen molar-refractivity contribution in [3.8, 4) is 6.07 Å². The molecule has 2 aliphatic rings. The average Bonchev–Trinajstić information content (AvgIpc) is 3.05. The Bertz CT molecular complexity index is 851. The molecular formula is C24H28N4O. The van der Waals surface area contributed by atoms with Crippen LogP contribution in [-0.4, -0.2) is 41.5 Å². The summed E-state index contributed by atoms with van der Waals surface area (Å²) >= 11 is 0. The van der Waals surface area contributed by atoms with Gasteiger partial charge in [0.2, 0.25) is 0 Å². The number of carbonyl (C=O) groups is 1. The molecule has 0 N–H and O–H groups in total. The van der Waals surface area contributed by atoms with E-state index in [1.807, 2.05) is 42.5 Å². The number of anilines is 1. The number of pyridine rings is 1. The Morgan fingerprint density at radius 3 is 2.45 bits per heavy atom. The summed E-state index contributed by atoms with van der Waals surface area (Å²) in [4.78, 5) is 22.2. The van der Waals surface area contributed by atoms with Gasteiger partial charge >= 0.3 is 0 Å². The molecule has 5 heteroatoms. The minimum Gasteiger partial charge on any atom is -0.357 e. The predicted octanol–water partition coefficient (Wildman–Crippen LogP) is 4.25. The van der Waals surface area contributed by atoms with Crippen molar-refractivity contribution in [2.75, 3.05) is 24.5 Å². The molecule has 2 saturated heterocycles. The molecule has 1 atom stereocenters. The van der Waals surface area contributed by atoms with Gasteiger partial charge in [-0.3, -0.25) is 4.79 Å². The van der Waals surface area contributed by atoms with Crippen LogP contribution in [0.15, 0.2) is 48.7 Å². The molecule has 0 unspecified atom stereocenters. The highest BCUT2D eigenvalue weighted by molar-refractivity contribution is 5.94. The van der Waals surface area contributed by atoms with Crippen molar-refractivity contribution < 1.29 is 4.79 Å². The molecule has 0 radical (unpaired) electrons. The molecule has 1 amide bonds. The largest absolute Gasteiger partial charge is 0.357 e. The van der Waals surface area contributed by atoms with Gasteiger partial charge in [0.05, 0.1) is 5.56 Å². The smallest absolute Gasteiger partial charge is 0.254 e. The van der Waals surface area contributed by atoms with Gasteiger partial charge in [0, 0.05) is 37.4 Å². The third-order valence-electron chi connectivity index (χ3n) is 6.37. The summed E-state index contributed by atoms with van der Waals surface area (Å²) in [5, 5.41) is 8.96. The Morgan fingerprint density at radius 1 is 0.966 bits per heavy atom. The molecule has 5 nitrogen and oxygen atoms in total. The van der Waals surface area contributed by atoms with Gasteiger partial charge in [-0.15, -0.1) is 0 Å². The molecule has 29 heavy (non-hydrogen) atoms. The number of benzene rings is 1. The molecule has 0 aliphatic carbocycles. The molecule has 2 fully saturated rings. The summed E-state index contributed by atoms with van der Waals surface area (Å²) < 4.78 is 0. The number of hydrogen-bond donors (Lipinski definition) is 0. The molecule has 2 aromatic rings. The van der Waals surface area contributed by atoms with Crippen LogP contribution in [0.4, 0.5) is 5.82 Å². The van der Waals surface area contributed by atoms with Crippen LogP contribution in [0.5, 0.6) is 0 Å². The Morgan fingerprint density at radius 2 is 1.76 bits per heavy atom. The molecule has 1 aromatic heterocycles. The van der Waals surface area contributed by atoms with E-state index in [0.717, 1.165) is 56.7 Å². The topological polar surface area (TPSA) is 60.2 Å². The summed E-state index contributed by atoms with van der Waals surface area (Å²) in [6.45, 7) is 2.77. The Labute approximate surface area is 173 Å². The zero-order chi connectivity index (χ0) is 20.1. The molecule has 150 valence electrons. The summed E-state index contributed by atoms with van der Waals surface area (Å²) in [6.07, 6.45) is 8.42. The maximum absolute atomic E-state index is 13.2. The molecule has 0 bridgehead atoms. The van der Waals surface area contributed by atoms with Crippen molar-refractivity contribution in [1.82, 2.24) is 9.88 Å². The van der Waals surface area contributed by atoms with Gasteiger partial charge in [-0.05, 0) is 55.9 Å². The monoisotopic (exact) mass is 388 g/mol. The van der Waals surface area contributed by atoms with Crippen molar-refractivity contribution in [1.29, 1.82) is 5.26 Å². The fraction of sp³-hybridized carbons (Fsp3) is 0.458. The van der Waals surface area contributed by atoms with Crippen LogP contribution in [0.25, 0.3) is 0 Å². The molecule has 0 saturated carbocycles. The van der Waals surface area contributed by atoms with Gasteiger partial charge in [0.25, 0.3) is 5.91 Å². The highest BCUT2D eigenvalue weighted by atomic mass is 16.2. The van der Waals surface area contributed by atoms with Crippen LogP contribution >= 0.6 is 0 Å². The highest BCUT2D eigenvalue weighted by Crippen LogP contribution is 2.32. The summed E-state index contributed by atoms with van der Waals surface area (Å²) in [6, 6.07) is 16.0. The summed E-state index contributed by atoms with van der Waals surface area (Å²) in [5.41, 5.74) is 1.40. The van der Waals surface area contributed by atoms with Crippen LogP contribution in [0, 0.1) is 17.2 Å². The normalized spacial score (nSPS) is 20.7. The third-order valence-corrected chi connectivity index (χ3v) is 6.37. The van der Waals surface area contributed by atoms with E-state index in [4.69, 9.17) is 5.26 Å². The maximum atomic E-state index is 13.2. The lowest BCUT2D eigenvalue weighted by Crippen LogP contribution is -2.48. The first kappa shape index (κ1) is 19.4. The SMILES string of the molecule is N#Cc1ccc(N2CCC([C@@H]3CCCCCN3C(=O)c3ccccc3)CC2)nc1. The van der Waals surface area contributed by atoms with Gasteiger partial charge in [-0.25, -0.2) is 4.98 Å². The van der Waals surface area contributed by atoms with E-state index in [0.29, 0.717) is 17.5 Å². The first-order valence-electron chi connectivity index (χ1n) is 10.7. The third kappa shape index (κ3) is 4.42. The zero-order valence-corrected chi connectivity index (χ0v) is 16.8. The van der Waals surface area contributed by atoms with Gasteiger partial charge in [0.1, 0.15) is 11.9 Å². The van der Waals surface area contributed by atoms with Crippen molar-refractivity contribution in [3.05, 3.63) is 59.8 Å². The van der Waals surface area contributed by atoms with Gasteiger partial charge in [-0.1, -0.05) is 31.0 Å². The molecule has 2 aliphatic heterocycles. The van der Waals surface area contributed by atoms with Crippen molar-refractivity contribution in [2.24, 2.45) is 5.92 Å². The van der Waals surface area contributed by atoms with Crippen LogP contribution in [0.1, 0.15) is 54.4 Å². The van der Waals surface area contributed by atoms with E-state index >= 15 is 0 Å². The van der Waals surface area contributed by atoms with Crippen molar-refractivity contribution in [2.45, 2.75) is 44.6 Å². The molecule has 1 aromatic carbocycles. The quantitative estimate of drug-likeness (QED) is 0.788. The van der Waals surface area contributed by atoms with E-state index in [-0.39, 0.29) is 5.91 Å². The Balaban J connectivity index is 1.44. The minimum atomic E-state index is 0.189. The number of nitrogens with zero attached hydrogens (tertiary/aromatic N) is 4. The summed E-state index contributed by atoms with van der Waals surface area (Å²) in [7, 11) is 0. The fourth-order valence-corrected chi connectivity index (χ4v) is 4.78. The van der Waals surface area contributed by atoms with E-state index in [1.54, 1.807) is 6.20 Å². The van der Waals surface area contributed by atoms with E-state index < -0.39 is 0 Å². The average molecular weight is 389 g/mol. The second-order valence-electron chi connectivity index (χ2n) is 8.12. The number of likely N-dealkylation sites (tertiary alicyclic amines) is 1. The number of nitriles is 1. The van der Waals surface area contributed by atoms with E-state index in [2.05, 4.69) is 20.9 Å². The lowest BCUT2D eigenvalue weighted by Gasteiger charge is -2.41. The second kappa shape index (κ2) is 9.09. The summed E-state index contributed by atoms with van der Waals surface area (Å²) in [5.74, 6) is 1.67. The van der Waals surface area contributed by atoms with Crippen molar-refractivity contribution in [3.63, 3.8) is 0 Å². The van der Waals surface area contributed by atoms with E-state index in [9.17, 15) is 4.79 Å².